The number of aryl methyl sites for hydroxylation is 1. The van der Waals surface area contributed by atoms with Gasteiger partial charge in [-0.25, -0.2) is 0 Å². The number of H-pyrrole nitrogens is 1. The third-order valence-electron chi connectivity index (χ3n) is 4.97. The van der Waals surface area contributed by atoms with E-state index in [9.17, 15) is 0 Å². The minimum absolute atomic E-state index is 0.669. The third kappa shape index (κ3) is 2.56. The summed E-state index contributed by atoms with van der Waals surface area (Å²) in [7, 11) is 2.03. The van der Waals surface area contributed by atoms with Gasteiger partial charge in [0.25, 0.3) is 0 Å². The molecule has 0 atom stereocenters. The van der Waals surface area contributed by atoms with E-state index < -0.39 is 0 Å². The molecule has 1 fully saturated rings. The van der Waals surface area contributed by atoms with Crippen molar-refractivity contribution in [2.75, 3.05) is 0 Å². The van der Waals surface area contributed by atoms with Crippen LogP contribution in [0.4, 0.5) is 0 Å². The normalized spacial score (nSPS) is 14.3. The van der Waals surface area contributed by atoms with Crippen molar-refractivity contribution in [3.63, 3.8) is 0 Å². The van der Waals surface area contributed by atoms with Gasteiger partial charge in [-0.2, -0.15) is 5.10 Å². The Morgan fingerprint density at radius 1 is 1.08 bits per heavy atom. The van der Waals surface area contributed by atoms with Crippen LogP contribution in [0.25, 0.3) is 33.4 Å². The van der Waals surface area contributed by atoms with E-state index >= 15 is 0 Å². The topological polar surface area (TPSA) is 33.6 Å². The van der Waals surface area contributed by atoms with Crippen molar-refractivity contribution in [2.24, 2.45) is 7.05 Å². The lowest BCUT2D eigenvalue weighted by Crippen LogP contribution is -1.94. The molecule has 4 aromatic rings. The maximum absolute atomic E-state index is 6.34. The summed E-state index contributed by atoms with van der Waals surface area (Å²) in [5, 5.41) is 6.63. The van der Waals surface area contributed by atoms with E-state index in [-0.39, 0.29) is 0 Å². The van der Waals surface area contributed by atoms with Gasteiger partial charge in [-0.15, -0.1) is 0 Å². The number of fused-ring (bicyclic) bond motifs is 1. The number of nitrogens with one attached hydrogen (secondary N) is 1. The number of aromatic nitrogens is 3. The number of aromatic amines is 1. The summed E-state index contributed by atoms with van der Waals surface area (Å²) < 4.78 is 2.00. The van der Waals surface area contributed by atoms with Crippen LogP contribution in [0.3, 0.4) is 0 Å². The molecule has 1 saturated carbocycles. The lowest BCUT2D eigenvalue weighted by molar-refractivity contribution is 0.750. The van der Waals surface area contributed by atoms with Crippen molar-refractivity contribution < 1.29 is 0 Å². The van der Waals surface area contributed by atoms with E-state index in [2.05, 4.69) is 40.4 Å². The molecule has 1 aliphatic carbocycles. The van der Waals surface area contributed by atoms with Gasteiger partial charge in [-0.1, -0.05) is 35.9 Å². The van der Waals surface area contributed by atoms with E-state index in [0.717, 1.165) is 21.8 Å². The molecule has 1 aliphatic rings. The predicted octanol–water partition coefficient (Wildman–Crippen LogP) is 5.77. The van der Waals surface area contributed by atoms with Crippen LogP contribution in [-0.4, -0.2) is 14.8 Å². The van der Waals surface area contributed by atoms with Crippen LogP contribution in [0.5, 0.6) is 0 Å². The fourth-order valence-corrected chi connectivity index (χ4v) is 3.69. The summed E-state index contributed by atoms with van der Waals surface area (Å²) in [4.78, 5) is 3.47. The highest BCUT2D eigenvalue weighted by Gasteiger charge is 2.27. The first-order valence-corrected chi connectivity index (χ1v) is 8.99. The maximum atomic E-state index is 6.34. The Balaban J connectivity index is 1.59. The first-order valence-electron chi connectivity index (χ1n) is 8.61. The average Bonchev–Trinajstić information content (AvgIpc) is 3.26. The highest BCUT2D eigenvalue weighted by Crippen LogP contribution is 2.40. The van der Waals surface area contributed by atoms with E-state index in [4.69, 9.17) is 11.6 Å². The van der Waals surface area contributed by atoms with Gasteiger partial charge in [0.05, 0.1) is 11.4 Å². The minimum Gasteiger partial charge on any atom is -0.354 e. The molecule has 25 heavy (non-hydrogen) atoms. The Bertz CT molecular complexity index is 1090. The summed E-state index contributed by atoms with van der Waals surface area (Å²) >= 11 is 6.34. The molecule has 0 spiro atoms. The molecule has 2 aromatic heterocycles. The van der Waals surface area contributed by atoms with Gasteiger partial charge in [-0.3, -0.25) is 4.68 Å². The van der Waals surface area contributed by atoms with E-state index in [0.29, 0.717) is 5.92 Å². The zero-order chi connectivity index (χ0) is 17.0. The fraction of sp³-hybridized carbons (Fsp3) is 0.190. The van der Waals surface area contributed by atoms with Crippen molar-refractivity contribution in [1.82, 2.24) is 14.8 Å². The zero-order valence-electron chi connectivity index (χ0n) is 14.0. The molecule has 0 bridgehead atoms. The Kier molecular flexibility index (Phi) is 3.25. The Morgan fingerprint density at radius 3 is 2.72 bits per heavy atom. The fourth-order valence-electron chi connectivity index (χ4n) is 3.45. The minimum atomic E-state index is 0.669. The standard InChI is InChI=1S/C21H18ClN3/c1-25-21(12-19(24-25)13-6-7-13)14-8-9-18-15(10-14)11-20(23-18)16-4-2-3-5-17(16)22/h2-5,8-13,23H,6-7H2,1H3. The molecule has 2 heterocycles. The highest BCUT2D eigenvalue weighted by molar-refractivity contribution is 6.33. The second kappa shape index (κ2) is 5.50. The maximum Gasteiger partial charge on any atom is 0.0682 e. The molecule has 0 saturated heterocycles. The van der Waals surface area contributed by atoms with Gasteiger partial charge in [0.15, 0.2) is 0 Å². The number of halogens is 1. The lowest BCUT2D eigenvalue weighted by Gasteiger charge is -2.01. The summed E-state index contributed by atoms with van der Waals surface area (Å²) in [5.41, 5.74) is 6.77. The molecule has 1 N–H and O–H groups in total. The van der Waals surface area contributed by atoms with Gasteiger partial charge >= 0.3 is 0 Å². The van der Waals surface area contributed by atoms with E-state index in [1.165, 1.54) is 35.2 Å². The molecule has 0 amide bonds. The third-order valence-corrected chi connectivity index (χ3v) is 5.30. The Morgan fingerprint density at radius 2 is 1.92 bits per heavy atom. The first kappa shape index (κ1) is 14.8. The van der Waals surface area contributed by atoms with Crippen LogP contribution in [0, 0.1) is 0 Å². The number of benzene rings is 2. The highest BCUT2D eigenvalue weighted by atomic mass is 35.5. The summed E-state index contributed by atoms with van der Waals surface area (Å²) in [6, 6.07) is 18.8. The Labute approximate surface area is 151 Å². The first-order chi connectivity index (χ1) is 12.2. The van der Waals surface area contributed by atoms with Gasteiger partial charge in [-0.05, 0) is 43.2 Å². The molecule has 5 rings (SSSR count). The van der Waals surface area contributed by atoms with Crippen LogP contribution in [0.15, 0.2) is 54.6 Å². The molecule has 0 unspecified atom stereocenters. The van der Waals surface area contributed by atoms with Crippen LogP contribution in [-0.2, 0) is 7.05 Å². The van der Waals surface area contributed by atoms with Crippen molar-refractivity contribution in [1.29, 1.82) is 0 Å². The second-order valence-corrected chi connectivity index (χ2v) is 7.22. The Hall–Kier alpha value is -2.52. The average molecular weight is 348 g/mol. The van der Waals surface area contributed by atoms with Gasteiger partial charge in [0.1, 0.15) is 0 Å². The summed E-state index contributed by atoms with van der Waals surface area (Å²) in [5.74, 6) is 0.669. The zero-order valence-corrected chi connectivity index (χ0v) is 14.7. The SMILES string of the molecule is Cn1nc(C2CC2)cc1-c1ccc2[nH]c(-c3ccccc3Cl)cc2c1. The molecular formula is C21H18ClN3. The number of hydrogen-bond donors (Lipinski definition) is 1. The van der Waals surface area contributed by atoms with Crippen molar-refractivity contribution in [2.45, 2.75) is 18.8 Å². The molecule has 0 radical (unpaired) electrons. The van der Waals surface area contributed by atoms with Gasteiger partial charge in [0, 0.05) is 45.7 Å². The molecule has 2 aromatic carbocycles. The largest absolute Gasteiger partial charge is 0.354 e. The number of hydrogen-bond acceptors (Lipinski definition) is 1. The molecule has 3 nitrogen and oxygen atoms in total. The quantitative estimate of drug-likeness (QED) is 0.501. The van der Waals surface area contributed by atoms with Crippen LogP contribution >= 0.6 is 11.6 Å². The smallest absolute Gasteiger partial charge is 0.0682 e. The molecule has 4 heteroatoms. The van der Waals surface area contributed by atoms with E-state index in [1.54, 1.807) is 0 Å². The van der Waals surface area contributed by atoms with Crippen LogP contribution in [0.2, 0.25) is 5.02 Å². The van der Waals surface area contributed by atoms with Crippen molar-refractivity contribution in [3.05, 3.63) is 65.3 Å². The van der Waals surface area contributed by atoms with Crippen molar-refractivity contribution in [3.8, 4) is 22.5 Å². The van der Waals surface area contributed by atoms with Gasteiger partial charge < -0.3 is 4.98 Å². The van der Waals surface area contributed by atoms with Crippen molar-refractivity contribution >= 4 is 22.5 Å². The second-order valence-electron chi connectivity index (χ2n) is 6.82. The number of nitrogens with zero attached hydrogens (tertiary/aromatic N) is 2. The van der Waals surface area contributed by atoms with Gasteiger partial charge in [0.2, 0.25) is 0 Å². The lowest BCUT2D eigenvalue weighted by atomic mass is 10.1. The predicted molar refractivity (Wildman–Crippen MR) is 103 cm³/mol. The van der Waals surface area contributed by atoms with Crippen LogP contribution in [0.1, 0.15) is 24.5 Å². The molecule has 124 valence electrons. The summed E-state index contributed by atoms with van der Waals surface area (Å²) in [6.07, 6.45) is 2.54. The monoisotopic (exact) mass is 347 g/mol. The van der Waals surface area contributed by atoms with Crippen LogP contribution < -0.4 is 0 Å². The number of rotatable bonds is 3. The summed E-state index contributed by atoms with van der Waals surface area (Å²) in [6.45, 7) is 0. The molecular weight excluding hydrogens is 330 g/mol. The molecule has 0 aliphatic heterocycles. The van der Waals surface area contributed by atoms with E-state index in [1.807, 2.05) is 36.0 Å².